The minimum atomic E-state index is 0.0998. The van der Waals surface area contributed by atoms with Crippen LogP contribution in [0.3, 0.4) is 0 Å². The molecule has 0 aliphatic carbocycles. The quantitative estimate of drug-likeness (QED) is 0.941. The van der Waals surface area contributed by atoms with E-state index >= 15 is 0 Å². The average molecular weight is 307 g/mol. The van der Waals surface area contributed by atoms with Gasteiger partial charge in [-0.15, -0.1) is 21.5 Å². The lowest BCUT2D eigenvalue weighted by Gasteiger charge is -2.19. The molecule has 0 radical (unpaired) electrons. The molecule has 0 spiro atoms. The third kappa shape index (κ3) is 3.49. The largest absolute Gasteiger partial charge is 0.319 e. The van der Waals surface area contributed by atoms with Crippen molar-refractivity contribution in [3.63, 3.8) is 0 Å². The van der Waals surface area contributed by atoms with Crippen molar-refractivity contribution >= 4 is 11.3 Å². The molecule has 0 aliphatic rings. The number of rotatable bonds is 4. The van der Waals surface area contributed by atoms with Crippen LogP contribution >= 0.6 is 11.3 Å². The fourth-order valence-electron chi connectivity index (χ4n) is 2.34. The number of thiazole rings is 1. The van der Waals surface area contributed by atoms with Crippen molar-refractivity contribution in [2.75, 3.05) is 0 Å². The lowest BCUT2D eigenvalue weighted by atomic mass is 9.98. The highest BCUT2D eigenvalue weighted by Gasteiger charge is 2.23. The van der Waals surface area contributed by atoms with Crippen molar-refractivity contribution < 1.29 is 0 Å². The van der Waals surface area contributed by atoms with Crippen molar-refractivity contribution in [3.05, 3.63) is 27.7 Å². The molecule has 0 bridgehead atoms. The zero-order valence-corrected chi connectivity index (χ0v) is 14.7. The fourth-order valence-corrected chi connectivity index (χ4v) is 3.48. The van der Waals surface area contributed by atoms with E-state index in [1.54, 1.807) is 17.7 Å². The van der Waals surface area contributed by atoms with Crippen LogP contribution in [0, 0.1) is 6.92 Å². The standard InChI is InChI=1S/C15H25N5S/c1-9(17-11(3)13-19-16-8-20(13)7)12-10(2)18-14(21-12)15(4,5)6/h8-9,11,17H,1-7H3. The maximum Gasteiger partial charge on any atom is 0.149 e. The number of aryl methyl sites for hydroxylation is 2. The van der Waals surface area contributed by atoms with Crippen LogP contribution in [0.4, 0.5) is 0 Å². The highest BCUT2D eigenvalue weighted by molar-refractivity contribution is 7.12. The predicted octanol–water partition coefficient (Wildman–Crippen LogP) is 3.29. The van der Waals surface area contributed by atoms with E-state index in [1.807, 2.05) is 11.6 Å². The molecule has 0 saturated carbocycles. The molecule has 0 aromatic carbocycles. The summed E-state index contributed by atoms with van der Waals surface area (Å²) in [5.74, 6) is 0.945. The van der Waals surface area contributed by atoms with Crippen molar-refractivity contribution in [2.24, 2.45) is 7.05 Å². The topological polar surface area (TPSA) is 55.6 Å². The number of nitrogens with zero attached hydrogens (tertiary/aromatic N) is 4. The minimum Gasteiger partial charge on any atom is -0.319 e. The third-order valence-electron chi connectivity index (χ3n) is 3.50. The second-order valence-corrected chi connectivity index (χ2v) is 7.66. The molecule has 1 N–H and O–H groups in total. The van der Waals surface area contributed by atoms with Gasteiger partial charge < -0.3 is 9.88 Å². The van der Waals surface area contributed by atoms with Crippen molar-refractivity contribution in [2.45, 2.75) is 59.0 Å². The Kier molecular flexibility index (Phi) is 4.49. The molecule has 2 unspecified atom stereocenters. The molecule has 0 aliphatic heterocycles. The van der Waals surface area contributed by atoms with E-state index in [4.69, 9.17) is 4.98 Å². The van der Waals surface area contributed by atoms with Gasteiger partial charge in [0.2, 0.25) is 0 Å². The van der Waals surface area contributed by atoms with Crippen molar-refractivity contribution in [1.29, 1.82) is 0 Å². The highest BCUT2D eigenvalue weighted by Crippen LogP contribution is 2.33. The zero-order chi connectivity index (χ0) is 15.8. The van der Waals surface area contributed by atoms with E-state index in [0.29, 0.717) is 0 Å². The monoisotopic (exact) mass is 307 g/mol. The number of hydrogen-bond acceptors (Lipinski definition) is 5. The molecule has 0 amide bonds. The van der Waals surface area contributed by atoms with Gasteiger partial charge in [0.25, 0.3) is 0 Å². The lowest BCUT2D eigenvalue weighted by Crippen LogP contribution is -2.24. The first-order valence-corrected chi connectivity index (χ1v) is 8.09. The first-order valence-electron chi connectivity index (χ1n) is 7.28. The second kappa shape index (κ2) is 5.85. The summed E-state index contributed by atoms with van der Waals surface area (Å²) in [4.78, 5) is 6.04. The molecule has 21 heavy (non-hydrogen) atoms. The van der Waals surface area contributed by atoms with Gasteiger partial charge in [-0.3, -0.25) is 0 Å². The van der Waals surface area contributed by atoms with Crippen LogP contribution in [0.25, 0.3) is 0 Å². The van der Waals surface area contributed by atoms with Gasteiger partial charge >= 0.3 is 0 Å². The third-order valence-corrected chi connectivity index (χ3v) is 5.27. The smallest absolute Gasteiger partial charge is 0.149 e. The molecular weight excluding hydrogens is 282 g/mol. The molecule has 116 valence electrons. The molecule has 2 atom stereocenters. The summed E-state index contributed by atoms with van der Waals surface area (Å²) >= 11 is 1.80. The molecule has 2 heterocycles. The molecule has 2 rings (SSSR count). The normalized spacial score (nSPS) is 15.2. The first-order chi connectivity index (χ1) is 9.70. The van der Waals surface area contributed by atoms with Crippen LogP contribution in [0.15, 0.2) is 6.33 Å². The van der Waals surface area contributed by atoms with Gasteiger partial charge in [-0.25, -0.2) is 4.98 Å². The van der Waals surface area contributed by atoms with Crippen LogP contribution in [0.2, 0.25) is 0 Å². The Morgan fingerprint density at radius 3 is 2.38 bits per heavy atom. The summed E-state index contributed by atoms with van der Waals surface area (Å²) in [6.07, 6.45) is 1.73. The Labute approximate surface area is 130 Å². The van der Waals surface area contributed by atoms with Crippen LogP contribution in [0.5, 0.6) is 0 Å². The summed E-state index contributed by atoms with van der Waals surface area (Å²) in [5, 5.41) is 12.9. The molecule has 6 heteroatoms. The highest BCUT2D eigenvalue weighted by atomic mass is 32.1. The van der Waals surface area contributed by atoms with E-state index in [2.05, 4.69) is 57.1 Å². The van der Waals surface area contributed by atoms with Gasteiger partial charge in [-0.2, -0.15) is 0 Å². The molecule has 2 aromatic rings. The Hall–Kier alpha value is -1.27. The Morgan fingerprint density at radius 1 is 1.24 bits per heavy atom. The second-order valence-electron chi connectivity index (χ2n) is 6.63. The number of hydrogen-bond donors (Lipinski definition) is 1. The van der Waals surface area contributed by atoms with E-state index in [1.165, 1.54) is 9.88 Å². The van der Waals surface area contributed by atoms with Crippen LogP contribution in [0.1, 0.15) is 68.1 Å². The maximum atomic E-state index is 4.74. The van der Waals surface area contributed by atoms with Gasteiger partial charge in [0, 0.05) is 23.4 Å². The van der Waals surface area contributed by atoms with E-state index in [0.717, 1.165) is 11.5 Å². The molecule has 5 nitrogen and oxygen atoms in total. The van der Waals surface area contributed by atoms with Crippen molar-refractivity contribution in [3.8, 4) is 0 Å². The Balaban J connectivity index is 2.15. The number of aromatic nitrogens is 4. The summed E-state index contributed by atoms with van der Waals surface area (Å²) < 4.78 is 1.95. The maximum absolute atomic E-state index is 4.74. The van der Waals surface area contributed by atoms with Crippen molar-refractivity contribution in [1.82, 2.24) is 25.1 Å². The number of nitrogens with one attached hydrogen (secondary N) is 1. The van der Waals surface area contributed by atoms with Gasteiger partial charge in [-0.05, 0) is 20.8 Å². The molecule has 0 saturated heterocycles. The summed E-state index contributed by atoms with van der Waals surface area (Å²) in [6, 6.07) is 0.386. The van der Waals surface area contributed by atoms with Crippen LogP contribution < -0.4 is 5.32 Å². The SMILES string of the molecule is Cc1nc(C(C)(C)C)sc1C(C)NC(C)c1nncn1C. The van der Waals surface area contributed by atoms with Gasteiger partial charge in [-0.1, -0.05) is 20.8 Å². The van der Waals surface area contributed by atoms with Crippen LogP contribution in [-0.2, 0) is 12.5 Å². The summed E-state index contributed by atoms with van der Waals surface area (Å²) in [5.41, 5.74) is 1.22. The molecular formula is C15H25N5S. The van der Waals surface area contributed by atoms with E-state index < -0.39 is 0 Å². The molecule has 2 aromatic heterocycles. The average Bonchev–Trinajstić information content (AvgIpc) is 2.94. The van der Waals surface area contributed by atoms with Crippen LogP contribution in [-0.4, -0.2) is 19.7 Å². The Morgan fingerprint density at radius 2 is 1.90 bits per heavy atom. The minimum absolute atomic E-state index is 0.0998. The fraction of sp³-hybridized carbons (Fsp3) is 0.667. The first kappa shape index (κ1) is 16.1. The summed E-state index contributed by atoms with van der Waals surface area (Å²) in [6.45, 7) is 13.0. The molecule has 0 fully saturated rings. The Bertz CT molecular complexity index is 608. The zero-order valence-electron chi connectivity index (χ0n) is 13.9. The predicted molar refractivity (Wildman–Crippen MR) is 86.5 cm³/mol. The summed E-state index contributed by atoms with van der Waals surface area (Å²) in [7, 11) is 1.97. The lowest BCUT2D eigenvalue weighted by molar-refractivity contribution is 0.469. The van der Waals surface area contributed by atoms with E-state index in [-0.39, 0.29) is 17.5 Å². The van der Waals surface area contributed by atoms with Gasteiger partial charge in [0.05, 0.1) is 16.7 Å². The van der Waals surface area contributed by atoms with Gasteiger partial charge in [0.1, 0.15) is 12.2 Å². The van der Waals surface area contributed by atoms with E-state index in [9.17, 15) is 0 Å². The van der Waals surface area contributed by atoms with Gasteiger partial charge in [0.15, 0.2) is 0 Å².